The first-order chi connectivity index (χ1) is 37.3. The van der Waals surface area contributed by atoms with Crippen LogP contribution < -0.4 is 7.42 Å². The van der Waals surface area contributed by atoms with Gasteiger partial charge in [0, 0.05) is 11.8 Å². The molecule has 4 atom stereocenters. The van der Waals surface area contributed by atoms with E-state index < -0.39 is 40.1 Å². The highest BCUT2D eigenvalue weighted by molar-refractivity contribution is 8.10. The van der Waals surface area contributed by atoms with Crippen molar-refractivity contribution in [2.75, 3.05) is 34.2 Å². The van der Waals surface area contributed by atoms with Gasteiger partial charge in [0.1, 0.15) is 13.6 Å². The maximum absolute atomic E-state index is 13.9. The molecule has 2 fully saturated rings. The molecular formula is C60H58N2O12S4. The molecule has 14 nitrogen and oxygen atoms in total. The third-order valence-electron chi connectivity index (χ3n) is 13.4. The summed E-state index contributed by atoms with van der Waals surface area (Å²) >= 11 is 0. The van der Waals surface area contributed by atoms with Crippen LogP contribution >= 0.6 is 0 Å². The number of hydrogen-bond donors (Lipinski definition) is 0. The Morgan fingerprint density at radius 1 is 0.333 bits per heavy atom. The fraction of sp³-hybridized carbons (Fsp3) is 0.200. The van der Waals surface area contributed by atoms with Crippen LogP contribution in [-0.4, -0.2) is 72.7 Å². The summed E-state index contributed by atoms with van der Waals surface area (Å²) in [4.78, 5) is -0.476. The molecule has 0 saturated carbocycles. The fourth-order valence-corrected chi connectivity index (χ4v) is 16.7. The first-order valence-corrected chi connectivity index (χ1v) is 30.7. The largest absolute Gasteiger partial charge is 0.353 e. The van der Waals surface area contributed by atoms with Crippen molar-refractivity contribution >= 4 is 51.5 Å². The normalized spacial score (nSPS) is 16.6. The molecule has 0 aliphatic carbocycles. The number of ether oxygens (including phenoxy) is 4. The van der Waals surface area contributed by atoms with Crippen molar-refractivity contribution in [2.24, 2.45) is 0 Å². The van der Waals surface area contributed by atoms with E-state index in [1.807, 2.05) is 88.4 Å². The highest BCUT2D eigenvalue weighted by Crippen LogP contribution is 2.38. The minimum absolute atomic E-state index is 0.00954. The summed E-state index contributed by atoms with van der Waals surface area (Å²) in [5.74, 6) is -0.364. The minimum atomic E-state index is -4.49. The Balaban J connectivity index is 0.000000190. The lowest BCUT2D eigenvalue weighted by Gasteiger charge is -2.26. The number of aryl methyl sites for hydroxylation is 4. The summed E-state index contributed by atoms with van der Waals surface area (Å²) in [6.45, 7) is 8.55. The predicted octanol–water partition coefficient (Wildman–Crippen LogP) is 10.8. The van der Waals surface area contributed by atoms with Gasteiger partial charge in [-0.3, -0.25) is 0 Å². The molecule has 2 aliphatic heterocycles. The van der Waals surface area contributed by atoms with E-state index in [1.165, 1.54) is 72.8 Å². The number of rotatable bonds is 16. The Hall–Kier alpha value is -7.00. The van der Waals surface area contributed by atoms with Crippen molar-refractivity contribution < 1.29 is 52.6 Å². The van der Waals surface area contributed by atoms with Gasteiger partial charge >= 0.3 is 0 Å². The number of anilines is 2. The van der Waals surface area contributed by atoms with Crippen molar-refractivity contribution in [3.8, 4) is 0 Å². The molecular weight excluding hydrogens is 1070 g/mol. The van der Waals surface area contributed by atoms with Crippen molar-refractivity contribution in [3.63, 3.8) is 0 Å². The van der Waals surface area contributed by atoms with Crippen molar-refractivity contribution in [1.29, 1.82) is 0 Å². The summed E-state index contributed by atoms with van der Waals surface area (Å²) in [6, 6.07) is 57.1. The van der Waals surface area contributed by atoms with E-state index in [4.69, 9.17) is 18.9 Å². The molecule has 0 bridgehead atoms. The molecule has 8 aromatic carbocycles. The second-order valence-electron chi connectivity index (χ2n) is 19.0. The fourth-order valence-electron chi connectivity index (χ4n) is 9.29. The van der Waals surface area contributed by atoms with Gasteiger partial charge in [-0.2, -0.15) is 7.42 Å². The van der Waals surface area contributed by atoms with Gasteiger partial charge in [0.05, 0.1) is 56.4 Å². The van der Waals surface area contributed by atoms with Gasteiger partial charge < -0.3 is 18.9 Å². The van der Waals surface area contributed by atoms with Crippen molar-refractivity contribution in [1.82, 2.24) is 0 Å². The van der Waals surface area contributed by atoms with Crippen LogP contribution in [0.2, 0.25) is 0 Å². The summed E-state index contributed by atoms with van der Waals surface area (Å²) in [7, 11) is -17.9. The van der Waals surface area contributed by atoms with Gasteiger partial charge in [-0.1, -0.05) is 156 Å². The lowest BCUT2D eigenvalue weighted by Crippen LogP contribution is -2.37. The molecule has 18 heteroatoms. The topological polar surface area (TPSA) is 180 Å². The number of benzene rings is 8. The van der Waals surface area contributed by atoms with Crippen LogP contribution in [0.4, 0.5) is 11.4 Å². The van der Waals surface area contributed by atoms with Crippen LogP contribution in [0.15, 0.2) is 226 Å². The average molecular weight is 1130 g/mol. The van der Waals surface area contributed by atoms with Crippen LogP contribution in [0.1, 0.15) is 56.3 Å². The van der Waals surface area contributed by atoms with Crippen LogP contribution in [0.5, 0.6) is 0 Å². The molecule has 0 amide bonds. The molecule has 78 heavy (non-hydrogen) atoms. The number of sulfonamides is 4. The van der Waals surface area contributed by atoms with E-state index in [-0.39, 0.29) is 68.6 Å². The highest BCUT2D eigenvalue weighted by atomic mass is 32.3. The molecule has 0 unspecified atom stereocenters. The molecule has 10 rings (SSSR count). The Morgan fingerprint density at radius 2 is 0.577 bits per heavy atom. The monoisotopic (exact) mass is 1130 g/mol. The SMILES string of the molecule is Cc1ccc(S(=O)(=O)N(c2ccc([C@@H](c3ccccc3)[C@@H]3COCO3)cc2)S(=O)(=O)c2ccc(C)cc2)cc1.Cc1ccc(S(=O)(=O)N(c2ccc([C@@H](c3ccccc3)[C@@H]3COCO3)cc2)S(=O)(=O)c2ccc(C)cc2)cc1. The van der Waals surface area contributed by atoms with E-state index >= 15 is 0 Å². The highest BCUT2D eigenvalue weighted by Gasteiger charge is 2.40. The van der Waals surface area contributed by atoms with Gasteiger partial charge in [0.15, 0.2) is 0 Å². The maximum atomic E-state index is 13.9. The summed E-state index contributed by atoms with van der Waals surface area (Å²) < 4.78 is 135. The number of nitrogens with zero attached hydrogens (tertiary/aromatic N) is 2. The second-order valence-corrected chi connectivity index (χ2v) is 26.6. The lowest BCUT2D eigenvalue weighted by molar-refractivity contribution is 0.0424. The van der Waals surface area contributed by atoms with Gasteiger partial charge in [-0.05, 0) is 123 Å². The van der Waals surface area contributed by atoms with Crippen molar-refractivity contribution in [2.45, 2.75) is 71.3 Å². The van der Waals surface area contributed by atoms with E-state index in [0.29, 0.717) is 20.6 Å². The van der Waals surface area contributed by atoms with Gasteiger partial charge in [-0.25, -0.2) is 33.7 Å². The Kier molecular flexibility index (Phi) is 16.8. The van der Waals surface area contributed by atoms with Gasteiger partial charge in [0.25, 0.3) is 40.1 Å². The second kappa shape index (κ2) is 23.5. The van der Waals surface area contributed by atoms with E-state index in [9.17, 15) is 33.7 Å². The molecule has 0 N–H and O–H groups in total. The van der Waals surface area contributed by atoms with Crippen molar-refractivity contribution in [3.05, 3.63) is 251 Å². The third-order valence-corrected chi connectivity index (χ3v) is 21.8. The summed E-state index contributed by atoms with van der Waals surface area (Å²) in [5, 5.41) is 0. The van der Waals surface area contributed by atoms with E-state index in [0.717, 1.165) is 44.5 Å². The molecule has 0 spiro atoms. The zero-order valence-corrected chi connectivity index (χ0v) is 46.5. The predicted molar refractivity (Wildman–Crippen MR) is 299 cm³/mol. The first-order valence-electron chi connectivity index (χ1n) is 24.9. The summed E-state index contributed by atoms with van der Waals surface area (Å²) in [5.41, 5.74) is 7.17. The standard InChI is InChI=1S/2C30H29NO6S2/c2*1-22-8-16-27(17-9-22)38(32,33)31(39(34,35)28-18-10-23(2)11-19-28)26-14-12-25(13-15-26)30(29-20-36-21-37-29)24-6-4-3-5-7-24/h2*3-19,29-30H,20-21H2,1-2H3/t2*29-,30+/m00/s1. The molecule has 0 aromatic heterocycles. The number of hydrogen-bond acceptors (Lipinski definition) is 12. The van der Waals surface area contributed by atoms with Crippen LogP contribution in [0.3, 0.4) is 0 Å². The molecule has 2 heterocycles. The Bertz CT molecular complexity index is 3360. The third kappa shape index (κ3) is 12.0. The zero-order valence-electron chi connectivity index (χ0n) is 43.2. The van der Waals surface area contributed by atoms with Gasteiger partial charge in [0.2, 0.25) is 0 Å². The zero-order chi connectivity index (χ0) is 55.2. The van der Waals surface area contributed by atoms with Crippen LogP contribution in [-0.2, 0) is 59.0 Å². The Morgan fingerprint density at radius 3 is 0.808 bits per heavy atom. The smallest absolute Gasteiger partial charge is 0.277 e. The Labute approximate surface area is 457 Å². The lowest BCUT2D eigenvalue weighted by atomic mass is 9.87. The first kappa shape index (κ1) is 55.7. The molecule has 2 aliphatic rings. The molecule has 2 saturated heterocycles. The molecule has 0 radical (unpaired) electrons. The summed E-state index contributed by atoms with van der Waals surface area (Å²) in [6.07, 6.45) is -0.469. The maximum Gasteiger partial charge on any atom is 0.277 e. The minimum Gasteiger partial charge on any atom is -0.353 e. The average Bonchev–Trinajstić information content (AvgIpc) is 4.19. The molecule has 404 valence electrons. The van der Waals surface area contributed by atoms with Crippen LogP contribution in [0, 0.1) is 27.7 Å². The van der Waals surface area contributed by atoms with Gasteiger partial charge in [-0.15, -0.1) is 0 Å². The van der Waals surface area contributed by atoms with Crippen LogP contribution in [0.25, 0.3) is 0 Å². The van der Waals surface area contributed by atoms with E-state index in [1.54, 1.807) is 72.8 Å². The van der Waals surface area contributed by atoms with E-state index in [2.05, 4.69) is 0 Å². The quantitative estimate of drug-likeness (QED) is 0.0895. The molecule has 8 aromatic rings.